The van der Waals surface area contributed by atoms with Crippen LogP contribution < -0.4 is 9.64 Å². The van der Waals surface area contributed by atoms with Gasteiger partial charge in [-0.05, 0) is 93.2 Å². The van der Waals surface area contributed by atoms with Crippen LogP contribution in [-0.2, 0) is 11.3 Å². The van der Waals surface area contributed by atoms with Gasteiger partial charge in [-0.25, -0.2) is 9.48 Å². The highest BCUT2D eigenvalue weighted by molar-refractivity contribution is 7.99. The molecular weight excluding hydrogens is 496 g/mol. The Bertz CT molecular complexity index is 1200. The molecule has 0 atom stereocenters. The number of carbonyl (C=O) groups excluding carboxylic acids is 1. The van der Waals surface area contributed by atoms with E-state index in [2.05, 4.69) is 39.5 Å². The molecular formula is C30H38N4O3S. The van der Waals surface area contributed by atoms with Crippen molar-refractivity contribution in [3.63, 3.8) is 0 Å². The number of hydrogen-bond donors (Lipinski definition) is 0. The molecule has 0 N–H and O–H groups in total. The van der Waals surface area contributed by atoms with Gasteiger partial charge in [-0.3, -0.25) is 0 Å². The number of methoxy groups -OCH3 is 1. The Labute approximate surface area is 229 Å². The van der Waals surface area contributed by atoms with Gasteiger partial charge in [-0.15, -0.1) is 16.9 Å². The van der Waals surface area contributed by atoms with Crippen LogP contribution in [0.4, 0.5) is 5.69 Å². The molecule has 2 aliphatic rings. The number of benzene rings is 2. The zero-order valence-corrected chi connectivity index (χ0v) is 23.3. The molecule has 202 valence electrons. The second kappa shape index (κ2) is 12.7. The van der Waals surface area contributed by atoms with Crippen molar-refractivity contribution in [2.75, 3.05) is 31.7 Å². The number of ether oxygens (including phenoxy) is 2. The first kappa shape index (κ1) is 26.6. The van der Waals surface area contributed by atoms with Crippen molar-refractivity contribution in [3.8, 4) is 5.75 Å². The minimum atomic E-state index is -0.404. The van der Waals surface area contributed by atoms with Gasteiger partial charge >= 0.3 is 5.97 Å². The number of esters is 1. The third-order valence-electron chi connectivity index (χ3n) is 7.67. The predicted octanol–water partition coefficient (Wildman–Crippen LogP) is 6.32. The van der Waals surface area contributed by atoms with Crippen LogP contribution in [0.2, 0.25) is 0 Å². The van der Waals surface area contributed by atoms with Gasteiger partial charge in [0.05, 0.1) is 20.3 Å². The Morgan fingerprint density at radius 3 is 2.50 bits per heavy atom. The molecule has 0 unspecified atom stereocenters. The van der Waals surface area contributed by atoms with Crippen molar-refractivity contribution in [2.24, 2.45) is 0 Å². The first-order valence-electron chi connectivity index (χ1n) is 13.9. The Hall–Kier alpha value is -3.00. The number of nitrogens with zero attached hydrogens (tertiary/aromatic N) is 4. The third-order valence-corrected chi connectivity index (χ3v) is 9.10. The van der Waals surface area contributed by atoms with Gasteiger partial charge in [0, 0.05) is 24.0 Å². The zero-order chi connectivity index (χ0) is 26.3. The molecule has 5 rings (SSSR count). The maximum absolute atomic E-state index is 12.7. The number of carbonyl (C=O) groups is 1. The molecule has 0 bridgehead atoms. The molecule has 3 aromatic rings. The fourth-order valence-corrected chi connectivity index (χ4v) is 6.84. The Morgan fingerprint density at radius 2 is 1.79 bits per heavy atom. The molecule has 0 radical (unpaired) electrons. The van der Waals surface area contributed by atoms with Gasteiger partial charge in [-0.2, -0.15) is 0 Å². The summed E-state index contributed by atoms with van der Waals surface area (Å²) in [4.78, 5) is 15.2. The minimum absolute atomic E-state index is 0.315. The maximum atomic E-state index is 12.7. The van der Waals surface area contributed by atoms with E-state index in [9.17, 15) is 4.79 Å². The van der Waals surface area contributed by atoms with Crippen molar-refractivity contribution in [1.82, 2.24) is 15.0 Å². The molecule has 1 aliphatic carbocycles. The largest absolute Gasteiger partial charge is 0.497 e. The quantitative estimate of drug-likeness (QED) is 0.298. The lowest BCUT2D eigenvalue weighted by molar-refractivity contribution is 0.0515. The highest BCUT2D eigenvalue weighted by Gasteiger charge is 2.28. The summed E-state index contributed by atoms with van der Waals surface area (Å²) in [5, 5.41) is 9.80. The molecule has 1 aromatic heterocycles. The standard InChI is InChI=1S/C30H38N4O3S/c1-3-37-30(35)28-29(34(32-31-28)21-22-10-14-26(36-2)15-11-22)38-27-16-12-23(13-17-27)24-8-7-9-25(20-24)33-18-5-4-6-19-33/h7-11,14-15,20,23,27H,3-6,12-13,16-19,21H2,1-2H3. The fourth-order valence-electron chi connectivity index (χ4n) is 5.56. The highest BCUT2D eigenvalue weighted by Crippen LogP contribution is 2.41. The van der Waals surface area contributed by atoms with E-state index in [1.165, 1.54) is 43.6 Å². The lowest BCUT2D eigenvalue weighted by Gasteiger charge is -2.31. The van der Waals surface area contributed by atoms with Crippen molar-refractivity contribution in [3.05, 3.63) is 65.4 Å². The van der Waals surface area contributed by atoms with Crippen LogP contribution in [0.15, 0.2) is 53.6 Å². The molecule has 1 saturated heterocycles. The Balaban J connectivity index is 1.26. The molecule has 7 nitrogen and oxygen atoms in total. The monoisotopic (exact) mass is 534 g/mol. The topological polar surface area (TPSA) is 69.5 Å². The van der Waals surface area contributed by atoms with E-state index >= 15 is 0 Å². The van der Waals surface area contributed by atoms with Crippen LogP contribution in [-0.4, -0.2) is 53.0 Å². The lowest BCUT2D eigenvalue weighted by Crippen LogP contribution is -2.29. The second-order valence-electron chi connectivity index (χ2n) is 10.2. The van der Waals surface area contributed by atoms with E-state index in [1.54, 1.807) is 18.9 Å². The molecule has 1 aliphatic heterocycles. The SMILES string of the molecule is CCOC(=O)c1nnn(Cc2ccc(OC)cc2)c1SC1CCC(c2cccc(N3CCCCC3)c2)CC1. The fraction of sp³-hybridized carbons (Fsp3) is 0.500. The van der Waals surface area contributed by atoms with E-state index in [4.69, 9.17) is 9.47 Å². The van der Waals surface area contributed by atoms with E-state index in [1.807, 2.05) is 35.9 Å². The van der Waals surface area contributed by atoms with Crippen molar-refractivity contribution in [2.45, 2.75) is 74.6 Å². The lowest BCUT2D eigenvalue weighted by atomic mass is 9.83. The summed E-state index contributed by atoms with van der Waals surface area (Å²) < 4.78 is 12.4. The highest BCUT2D eigenvalue weighted by atomic mass is 32.2. The predicted molar refractivity (Wildman–Crippen MR) is 151 cm³/mol. The zero-order valence-electron chi connectivity index (χ0n) is 22.5. The van der Waals surface area contributed by atoms with Crippen molar-refractivity contribution < 1.29 is 14.3 Å². The normalized spacial score (nSPS) is 19.8. The number of hydrogen-bond acceptors (Lipinski definition) is 7. The molecule has 0 spiro atoms. The van der Waals surface area contributed by atoms with E-state index < -0.39 is 5.97 Å². The average molecular weight is 535 g/mol. The molecule has 0 amide bonds. The molecule has 1 saturated carbocycles. The first-order chi connectivity index (χ1) is 18.6. The maximum Gasteiger partial charge on any atom is 0.361 e. The summed E-state index contributed by atoms with van der Waals surface area (Å²) in [5.74, 6) is 0.995. The summed E-state index contributed by atoms with van der Waals surface area (Å²) >= 11 is 1.73. The van der Waals surface area contributed by atoms with E-state index in [-0.39, 0.29) is 0 Å². The smallest absolute Gasteiger partial charge is 0.361 e. The van der Waals surface area contributed by atoms with E-state index in [0.717, 1.165) is 42.0 Å². The average Bonchev–Trinajstić information content (AvgIpc) is 3.36. The number of anilines is 1. The summed E-state index contributed by atoms with van der Waals surface area (Å²) in [7, 11) is 1.66. The van der Waals surface area contributed by atoms with Gasteiger partial charge in [0.25, 0.3) is 0 Å². The number of rotatable bonds is 9. The van der Waals surface area contributed by atoms with Gasteiger partial charge < -0.3 is 14.4 Å². The summed E-state index contributed by atoms with van der Waals surface area (Å²) in [5.41, 5.74) is 4.24. The molecule has 2 fully saturated rings. The van der Waals surface area contributed by atoms with Crippen molar-refractivity contribution >= 4 is 23.4 Å². The molecule has 8 heteroatoms. The summed E-state index contributed by atoms with van der Waals surface area (Å²) in [6.45, 7) is 5.02. The van der Waals surface area contributed by atoms with Crippen LogP contribution in [0.3, 0.4) is 0 Å². The van der Waals surface area contributed by atoms with Crippen molar-refractivity contribution in [1.29, 1.82) is 0 Å². The summed E-state index contributed by atoms with van der Waals surface area (Å²) in [6, 6.07) is 17.1. The second-order valence-corrected chi connectivity index (χ2v) is 11.5. The number of piperidine rings is 1. The van der Waals surface area contributed by atoms with Crippen LogP contribution in [0.5, 0.6) is 5.75 Å². The van der Waals surface area contributed by atoms with Gasteiger partial charge in [0.2, 0.25) is 5.69 Å². The third kappa shape index (κ3) is 6.34. The summed E-state index contributed by atoms with van der Waals surface area (Å²) in [6.07, 6.45) is 8.43. The molecule has 38 heavy (non-hydrogen) atoms. The Morgan fingerprint density at radius 1 is 1.03 bits per heavy atom. The van der Waals surface area contributed by atoms with Gasteiger partial charge in [0.15, 0.2) is 0 Å². The van der Waals surface area contributed by atoms with Gasteiger partial charge in [-0.1, -0.05) is 29.5 Å². The van der Waals surface area contributed by atoms with Crippen LogP contribution in [0, 0.1) is 0 Å². The van der Waals surface area contributed by atoms with Crippen LogP contribution >= 0.6 is 11.8 Å². The molecule has 2 heterocycles. The first-order valence-corrected chi connectivity index (χ1v) is 14.8. The Kier molecular flexibility index (Phi) is 8.89. The number of aromatic nitrogens is 3. The molecule has 2 aromatic carbocycles. The van der Waals surface area contributed by atoms with Crippen LogP contribution in [0.25, 0.3) is 0 Å². The number of thioether (sulfide) groups is 1. The minimum Gasteiger partial charge on any atom is -0.497 e. The van der Waals surface area contributed by atoms with Gasteiger partial charge in [0.1, 0.15) is 10.8 Å². The van der Waals surface area contributed by atoms with Crippen LogP contribution in [0.1, 0.15) is 79.4 Å². The van der Waals surface area contributed by atoms with E-state index in [0.29, 0.717) is 30.0 Å².